The summed E-state index contributed by atoms with van der Waals surface area (Å²) in [6, 6.07) is 9.75. The van der Waals surface area contributed by atoms with E-state index in [1.165, 1.54) is 23.5 Å². The van der Waals surface area contributed by atoms with Crippen molar-refractivity contribution in [2.75, 3.05) is 17.3 Å². The van der Waals surface area contributed by atoms with Gasteiger partial charge < -0.3 is 19.7 Å². The van der Waals surface area contributed by atoms with E-state index in [0.29, 0.717) is 12.8 Å². The van der Waals surface area contributed by atoms with Crippen LogP contribution in [0, 0.1) is 5.92 Å². The van der Waals surface area contributed by atoms with Crippen LogP contribution in [0.4, 0.5) is 0 Å². The number of ketones is 1. The minimum atomic E-state index is -0.823. The average molecular weight is 465 g/mol. The number of fused-ring (bicyclic) bond motifs is 1. The van der Waals surface area contributed by atoms with Crippen molar-refractivity contribution in [3.05, 3.63) is 48.2 Å². The number of para-hydroxylation sites is 1. The van der Waals surface area contributed by atoms with E-state index in [2.05, 4.69) is 0 Å². The lowest BCUT2D eigenvalue weighted by molar-refractivity contribution is -0.133. The van der Waals surface area contributed by atoms with Gasteiger partial charge >= 0.3 is 5.97 Å². The third-order valence-electron chi connectivity index (χ3n) is 5.20. The maximum atomic E-state index is 12.3. The minimum Gasteiger partial charge on any atom is -0.481 e. The Morgan fingerprint density at radius 3 is 2.87 bits per heavy atom. The second-order valence-electron chi connectivity index (χ2n) is 7.65. The predicted molar refractivity (Wildman–Crippen MR) is 125 cm³/mol. The van der Waals surface area contributed by atoms with Gasteiger partial charge in [-0.05, 0) is 36.5 Å². The minimum absolute atomic E-state index is 0.0297. The highest BCUT2D eigenvalue weighted by Gasteiger charge is 2.40. The zero-order valence-corrected chi connectivity index (χ0v) is 18.8. The largest absolute Gasteiger partial charge is 0.481 e. The molecule has 3 N–H and O–H groups in total. The van der Waals surface area contributed by atoms with Crippen LogP contribution in [0.2, 0.25) is 0 Å². The van der Waals surface area contributed by atoms with Gasteiger partial charge in [0.2, 0.25) is 0 Å². The zero-order chi connectivity index (χ0) is 22.2. The summed E-state index contributed by atoms with van der Waals surface area (Å²) in [6.45, 7) is 0. The molecule has 1 fully saturated rings. The second kappa shape index (κ2) is 11.8. The molecule has 0 amide bonds. The number of aliphatic hydroxyl groups is 2. The van der Waals surface area contributed by atoms with Gasteiger partial charge in [0, 0.05) is 24.1 Å². The normalized spacial score (nSPS) is 22.5. The summed E-state index contributed by atoms with van der Waals surface area (Å²) >= 11 is 2.87. The summed E-state index contributed by atoms with van der Waals surface area (Å²) in [5, 5.41) is 30.0. The maximum Gasteiger partial charge on any atom is 0.313 e. The molecule has 1 heterocycles. The van der Waals surface area contributed by atoms with Crippen molar-refractivity contribution in [2.24, 2.45) is 5.92 Å². The Morgan fingerprint density at radius 1 is 1.29 bits per heavy atom. The highest BCUT2D eigenvalue weighted by atomic mass is 32.2. The fraction of sp³-hybridized carbons (Fsp3) is 0.478. The molecule has 4 atom stereocenters. The lowest BCUT2D eigenvalue weighted by atomic mass is 10.0. The molecule has 1 aliphatic carbocycles. The topological polar surface area (TPSA) is 108 Å². The van der Waals surface area contributed by atoms with Gasteiger partial charge in [-0.25, -0.2) is 0 Å². The van der Waals surface area contributed by atoms with Crippen molar-refractivity contribution >= 4 is 46.2 Å². The van der Waals surface area contributed by atoms with Crippen molar-refractivity contribution in [1.29, 1.82) is 0 Å². The lowest BCUT2D eigenvalue weighted by Gasteiger charge is -2.17. The maximum absolute atomic E-state index is 12.3. The van der Waals surface area contributed by atoms with Crippen molar-refractivity contribution in [2.45, 2.75) is 43.1 Å². The standard InChI is InChI=1S/C23H28O6S2/c24-16(6-8-17-12-15-4-1-2-5-21(15)29-17)7-9-18-19(25)13-20(26)23(18)31-11-3-10-30-14-22(27)28/h1-2,4-5,7,9,12,16,18-19,23-25H,3,6,8,10-11,13-14H2,(H,27,28)/b9-7+/t16?,18-,19+,23+/m0/s1. The summed E-state index contributed by atoms with van der Waals surface area (Å²) in [5.41, 5.74) is 0.830. The van der Waals surface area contributed by atoms with Crippen LogP contribution < -0.4 is 0 Å². The van der Waals surface area contributed by atoms with Crippen molar-refractivity contribution in [1.82, 2.24) is 0 Å². The van der Waals surface area contributed by atoms with Crippen LogP contribution in [0.15, 0.2) is 46.9 Å². The molecule has 0 saturated heterocycles. The molecule has 6 nitrogen and oxygen atoms in total. The number of benzene rings is 1. The molecule has 0 aliphatic heterocycles. The van der Waals surface area contributed by atoms with E-state index < -0.39 is 18.2 Å². The van der Waals surface area contributed by atoms with E-state index in [1.807, 2.05) is 30.3 Å². The number of aryl methyl sites for hydroxylation is 1. The molecule has 1 aliphatic rings. The van der Waals surface area contributed by atoms with Crippen LogP contribution in [-0.2, 0) is 16.0 Å². The first-order valence-corrected chi connectivity index (χ1v) is 12.6. The smallest absolute Gasteiger partial charge is 0.313 e. The number of aliphatic carboxylic acids is 1. The van der Waals surface area contributed by atoms with E-state index in [0.717, 1.165) is 34.7 Å². The molecule has 1 unspecified atom stereocenters. The molecular weight excluding hydrogens is 436 g/mol. The first kappa shape index (κ1) is 23.9. The Labute approximate surface area is 190 Å². The fourth-order valence-electron chi connectivity index (χ4n) is 3.64. The Morgan fingerprint density at radius 2 is 2.10 bits per heavy atom. The molecule has 31 heavy (non-hydrogen) atoms. The highest BCUT2D eigenvalue weighted by Crippen LogP contribution is 2.34. The van der Waals surface area contributed by atoms with Crippen LogP contribution in [-0.4, -0.2) is 61.8 Å². The number of hydrogen-bond donors (Lipinski definition) is 3. The Hall–Kier alpha value is -1.74. The lowest BCUT2D eigenvalue weighted by Crippen LogP contribution is -2.22. The SMILES string of the molecule is O=C(O)CSCCCS[C@H]1C(=O)C[C@@H](O)[C@@H]1/C=C/C(O)CCc1cc2ccccc2o1. The second-order valence-corrected chi connectivity index (χ2v) is 10.0. The number of aliphatic hydroxyl groups excluding tert-OH is 2. The number of rotatable bonds is 12. The molecule has 3 rings (SSSR count). The van der Waals surface area contributed by atoms with Gasteiger partial charge in [-0.15, -0.1) is 11.8 Å². The van der Waals surface area contributed by atoms with E-state index in [9.17, 15) is 19.8 Å². The van der Waals surface area contributed by atoms with Crippen molar-refractivity contribution in [3.8, 4) is 0 Å². The number of hydrogen-bond acceptors (Lipinski definition) is 7. The number of carbonyl (C=O) groups is 2. The Balaban J connectivity index is 1.46. The van der Waals surface area contributed by atoms with Gasteiger partial charge in [0.25, 0.3) is 0 Å². The first-order chi connectivity index (χ1) is 14.9. The number of Topliss-reactive ketones (excluding diaryl/α,β-unsaturated/α-hetero) is 1. The quantitative estimate of drug-likeness (QED) is 0.323. The van der Waals surface area contributed by atoms with Crippen LogP contribution in [0.5, 0.6) is 0 Å². The van der Waals surface area contributed by atoms with Gasteiger partial charge in [0.1, 0.15) is 17.1 Å². The van der Waals surface area contributed by atoms with E-state index in [-0.39, 0.29) is 29.1 Å². The summed E-state index contributed by atoms with van der Waals surface area (Å²) in [7, 11) is 0. The van der Waals surface area contributed by atoms with Crippen LogP contribution in [0.3, 0.4) is 0 Å². The van der Waals surface area contributed by atoms with Gasteiger partial charge in [-0.1, -0.05) is 30.4 Å². The average Bonchev–Trinajstić information content (AvgIpc) is 3.27. The van der Waals surface area contributed by atoms with Crippen molar-refractivity contribution < 1.29 is 29.3 Å². The third kappa shape index (κ3) is 7.14. The predicted octanol–water partition coefficient (Wildman–Crippen LogP) is 3.54. The van der Waals surface area contributed by atoms with Gasteiger partial charge in [-0.3, -0.25) is 9.59 Å². The van der Waals surface area contributed by atoms with E-state index in [1.54, 1.807) is 12.2 Å². The van der Waals surface area contributed by atoms with Gasteiger partial charge in [0.05, 0.1) is 23.2 Å². The molecule has 0 spiro atoms. The number of carbonyl (C=O) groups excluding carboxylic acids is 1. The van der Waals surface area contributed by atoms with Crippen LogP contribution in [0.1, 0.15) is 25.0 Å². The molecule has 168 valence electrons. The number of furan rings is 1. The Kier molecular flexibility index (Phi) is 9.07. The third-order valence-corrected chi connectivity index (χ3v) is 7.69. The summed E-state index contributed by atoms with van der Waals surface area (Å²) in [5.74, 6) is 1.25. The fourth-order valence-corrected chi connectivity index (χ4v) is 5.83. The summed E-state index contributed by atoms with van der Waals surface area (Å²) in [6.07, 6.45) is 4.05. The molecule has 0 radical (unpaired) electrons. The molecule has 8 heteroatoms. The molecule has 2 aromatic rings. The van der Waals surface area contributed by atoms with Gasteiger partial charge in [0.15, 0.2) is 0 Å². The first-order valence-electron chi connectivity index (χ1n) is 10.4. The number of thioether (sulfide) groups is 2. The van der Waals surface area contributed by atoms with Crippen molar-refractivity contribution in [3.63, 3.8) is 0 Å². The molecule has 0 bridgehead atoms. The molecule has 1 aromatic heterocycles. The van der Waals surface area contributed by atoms with E-state index in [4.69, 9.17) is 9.52 Å². The molecular formula is C23H28O6S2. The van der Waals surface area contributed by atoms with E-state index >= 15 is 0 Å². The summed E-state index contributed by atoms with van der Waals surface area (Å²) < 4.78 is 5.77. The van der Waals surface area contributed by atoms with Crippen LogP contribution in [0.25, 0.3) is 11.0 Å². The number of carboxylic acids is 1. The molecule has 1 saturated carbocycles. The zero-order valence-electron chi connectivity index (χ0n) is 17.2. The Bertz CT molecular complexity index is 875. The summed E-state index contributed by atoms with van der Waals surface area (Å²) in [4.78, 5) is 22.8. The van der Waals surface area contributed by atoms with Gasteiger partial charge in [-0.2, -0.15) is 11.8 Å². The van der Waals surface area contributed by atoms with Crippen LogP contribution >= 0.6 is 23.5 Å². The highest BCUT2D eigenvalue weighted by molar-refractivity contribution is 8.01. The monoisotopic (exact) mass is 464 g/mol. The number of carboxylic acid groups (broad SMARTS) is 1. The molecule has 1 aromatic carbocycles.